The number of ether oxygens (including phenoxy) is 1. The predicted octanol–water partition coefficient (Wildman–Crippen LogP) is 3.28. The van der Waals surface area contributed by atoms with Gasteiger partial charge in [0, 0.05) is 36.8 Å². The normalized spacial score (nSPS) is 14.5. The Kier molecular flexibility index (Phi) is 5.81. The van der Waals surface area contributed by atoms with Crippen LogP contribution in [-0.4, -0.2) is 49.8 Å². The highest BCUT2D eigenvalue weighted by molar-refractivity contribution is 8.00. The van der Waals surface area contributed by atoms with E-state index < -0.39 is 0 Å². The number of nitrogens with zero attached hydrogens (tertiary/aromatic N) is 2. The highest BCUT2D eigenvalue weighted by Gasteiger charge is 2.21. The van der Waals surface area contributed by atoms with Crippen LogP contribution in [0.4, 0.5) is 10.1 Å². The smallest absolute Gasteiger partial charge is 0.233 e. The van der Waals surface area contributed by atoms with Crippen molar-refractivity contribution >= 4 is 23.4 Å². The van der Waals surface area contributed by atoms with Crippen LogP contribution in [0.5, 0.6) is 5.75 Å². The fourth-order valence-corrected chi connectivity index (χ4v) is 3.58. The van der Waals surface area contributed by atoms with Crippen LogP contribution in [0.2, 0.25) is 0 Å². The number of rotatable bonds is 5. The Bertz CT molecular complexity index is 698. The number of halogens is 1. The van der Waals surface area contributed by atoms with Gasteiger partial charge in [0.2, 0.25) is 5.91 Å². The highest BCUT2D eigenvalue weighted by atomic mass is 32.2. The van der Waals surface area contributed by atoms with E-state index in [-0.39, 0.29) is 11.7 Å². The molecule has 1 saturated heterocycles. The molecule has 0 aliphatic carbocycles. The molecule has 1 amide bonds. The molecule has 0 aromatic heterocycles. The van der Waals surface area contributed by atoms with Gasteiger partial charge in [0.1, 0.15) is 11.6 Å². The van der Waals surface area contributed by atoms with Crippen LogP contribution in [0, 0.1) is 5.82 Å². The maximum atomic E-state index is 13.0. The van der Waals surface area contributed by atoms with Crippen LogP contribution in [0.25, 0.3) is 0 Å². The molecule has 0 bridgehead atoms. The second-order valence-corrected chi connectivity index (χ2v) is 6.86. The average Bonchev–Trinajstić information content (AvgIpc) is 2.67. The minimum atomic E-state index is -0.229. The molecule has 2 aromatic rings. The molecule has 3 rings (SSSR count). The van der Waals surface area contributed by atoms with Crippen molar-refractivity contribution < 1.29 is 13.9 Å². The number of anilines is 1. The lowest BCUT2D eigenvalue weighted by molar-refractivity contribution is -0.128. The van der Waals surface area contributed by atoms with E-state index in [0.717, 1.165) is 29.4 Å². The number of methoxy groups -OCH3 is 1. The summed E-state index contributed by atoms with van der Waals surface area (Å²) in [4.78, 5) is 17.5. The van der Waals surface area contributed by atoms with E-state index >= 15 is 0 Å². The van der Waals surface area contributed by atoms with Crippen LogP contribution in [0.3, 0.4) is 0 Å². The summed E-state index contributed by atoms with van der Waals surface area (Å²) in [5, 5.41) is 0. The molecule has 1 aliphatic rings. The second kappa shape index (κ2) is 8.25. The number of amides is 1. The number of thioether (sulfide) groups is 1. The van der Waals surface area contributed by atoms with Crippen molar-refractivity contribution in [2.45, 2.75) is 4.90 Å². The van der Waals surface area contributed by atoms with Gasteiger partial charge in [-0.25, -0.2) is 4.39 Å². The Morgan fingerprint density at radius 1 is 1.04 bits per heavy atom. The molecule has 0 saturated carbocycles. The van der Waals surface area contributed by atoms with E-state index in [9.17, 15) is 9.18 Å². The van der Waals surface area contributed by atoms with Crippen molar-refractivity contribution in [1.29, 1.82) is 0 Å². The van der Waals surface area contributed by atoms with E-state index in [0.29, 0.717) is 18.8 Å². The number of piperazine rings is 1. The van der Waals surface area contributed by atoms with Crippen LogP contribution >= 0.6 is 11.8 Å². The second-order valence-electron chi connectivity index (χ2n) is 5.81. The summed E-state index contributed by atoms with van der Waals surface area (Å²) < 4.78 is 18.1. The first-order valence-corrected chi connectivity index (χ1v) is 9.19. The summed E-state index contributed by atoms with van der Waals surface area (Å²) >= 11 is 1.54. The van der Waals surface area contributed by atoms with E-state index in [2.05, 4.69) is 4.90 Å². The van der Waals surface area contributed by atoms with Crippen LogP contribution in [0.1, 0.15) is 0 Å². The van der Waals surface area contributed by atoms with Gasteiger partial charge >= 0.3 is 0 Å². The van der Waals surface area contributed by atoms with Gasteiger partial charge in [0.25, 0.3) is 0 Å². The molecular formula is C19H21FN2O2S. The maximum Gasteiger partial charge on any atom is 0.233 e. The molecule has 1 heterocycles. The predicted molar refractivity (Wildman–Crippen MR) is 98.9 cm³/mol. The zero-order valence-electron chi connectivity index (χ0n) is 14.2. The van der Waals surface area contributed by atoms with E-state index in [1.807, 2.05) is 29.2 Å². The zero-order chi connectivity index (χ0) is 17.6. The van der Waals surface area contributed by atoms with Crippen LogP contribution < -0.4 is 9.64 Å². The van der Waals surface area contributed by atoms with Crippen LogP contribution in [0.15, 0.2) is 53.4 Å². The highest BCUT2D eigenvalue weighted by Crippen LogP contribution is 2.22. The summed E-state index contributed by atoms with van der Waals surface area (Å²) in [5.74, 6) is 1.17. The van der Waals surface area contributed by atoms with Gasteiger partial charge in [-0.1, -0.05) is 0 Å². The molecule has 0 radical (unpaired) electrons. The summed E-state index contributed by atoms with van der Waals surface area (Å²) in [6.07, 6.45) is 0. The Morgan fingerprint density at radius 2 is 1.68 bits per heavy atom. The number of carbonyl (C=O) groups is 1. The quantitative estimate of drug-likeness (QED) is 0.766. The Morgan fingerprint density at radius 3 is 2.28 bits per heavy atom. The standard InChI is InChI=1S/C19H21FN2O2S/c1-24-17-6-8-18(9-7-17)25-14-19(23)22-12-10-21(11-13-22)16-4-2-15(20)3-5-16/h2-9H,10-14H2,1H3. The molecule has 132 valence electrons. The molecular weight excluding hydrogens is 339 g/mol. The lowest BCUT2D eigenvalue weighted by Gasteiger charge is -2.36. The third-order valence-electron chi connectivity index (χ3n) is 4.25. The largest absolute Gasteiger partial charge is 0.497 e. The van der Waals surface area contributed by atoms with Gasteiger partial charge in [-0.05, 0) is 48.5 Å². The summed E-state index contributed by atoms with van der Waals surface area (Å²) in [7, 11) is 1.64. The number of hydrogen-bond donors (Lipinski definition) is 0. The monoisotopic (exact) mass is 360 g/mol. The Labute approximate surface area is 151 Å². The third kappa shape index (κ3) is 4.66. The lowest BCUT2D eigenvalue weighted by Crippen LogP contribution is -2.49. The van der Waals surface area contributed by atoms with Gasteiger partial charge < -0.3 is 14.5 Å². The first-order chi connectivity index (χ1) is 12.2. The molecule has 0 atom stereocenters. The maximum absolute atomic E-state index is 13.0. The summed E-state index contributed by atoms with van der Waals surface area (Å²) in [6.45, 7) is 2.92. The third-order valence-corrected chi connectivity index (χ3v) is 5.24. The molecule has 2 aromatic carbocycles. The minimum absolute atomic E-state index is 0.152. The molecule has 0 spiro atoms. The number of hydrogen-bond acceptors (Lipinski definition) is 4. The molecule has 25 heavy (non-hydrogen) atoms. The first-order valence-electron chi connectivity index (χ1n) is 8.21. The molecule has 0 N–H and O–H groups in total. The van der Waals surface area contributed by atoms with Gasteiger partial charge in [-0.3, -0.25) is 4.79 Å². The number of carbonyl (C=O) groups excluding carboxylic acids is 1. The van der Waals surface area contributed by atoms with Gasteiger partial charge in [0.15, 0.2) is 0 Å². The van der Waals surface area contributed by atoms with Crippen molar-refractivity contribution in [3.05, 3.63) is 54.3 Å². The van der Waals surface area contributed by atoms with E-state index in [4.69, 9.17) is 4.74 Å². The fraction of sp³-hybridized carbons (Fsp3) is 0.316. The topological polar surface area (TPSA) is 32.8 Å². The van der Waals surface area contributed by atoms with E-state index in [1.165, 1.54) is 23.9 Å². The molecule has 6 heteroatoms. The van der Waals surface area contributed by atoms with E-state index in [1.54, 1.807) is 19.2 Å². The van der Waals surface area contributed by atoms with Gasteiger partial charge in [-0.2, -0.15) is 0 Å². The van der Waals surface area contributed by atoms with Crippen molar-refractivity contribution in [2.24, 2.45) is 0 Å². The first kappa shape index (κ1) is 17.6. The average molecular weight is 360 g/mol. The minimum Gasteiger partial charge on any atom is -0.497 e. The van der Waals surface area contributed by atoms with Gasteiger partial charge in [-0.15, -0.1) is 11.8 Å². The molecule has 1 aliphatic heterocycles. The van der Waals surface area contributed by atoms with Crippen molar-refractivity contribution in [3.8, 4) is 5.75 Å². The Balaban J connectivity index is 1.47. The number of benzene rings is 2. The van der Waals surface area contributed by atoms with Gasteiger partial charge in [0.05, 0.1) is 12.9 Å². The molecule has 4 nitrogen and oxygen atoms in total. The lowest BCUT2D eigenvalue weighted by atomic mass is 10.2. The van der Waals surface area contributed by atoms with Crippen molar-refractivity contribution in [2.75, 3.05) is 43.9 Å². The molecule has 1 fully saturated rings. The zero-order valence-corrected chi connectivity index (χ0v) is 15.0. The molecule has 0 unspecified atom stereocenters. The van der Waals surface area contributed by atoms with Crippen molar-refractivity contribution in [1.82, 2.24) is 4.90 Å². The Hall–Kier alpha value is -2.21. The summed E-state index contributed by atoms with van der Waals surface area (Å²) in [6, 6.07) is 14.2. The van der Waals surface area contributed by atoms with Crippen LogP contribution in [-0.2, 0) is 4.79 Å². The summed E-state index contributed by atoms with van der Waals surface area (Å²) in [5.41, 5.74) is 1.00. The SMILES string of the molecule is COc1ccc(SCC(=O)N2CCN(c3ccc(F)cc3)CC2)cc1. The van der Waals surface area contributed by atoms with Crippen molar-refractivity contribution in [3.63, 3.8) is 0 Å². The fourth-order valence-electron chi connectivity index (χ4n) is 2.77.